The highest BCUT2D eigenvalue weighted by molar-refractivity contribution is 5.92. The number of ether oxygens (including phenoxy) is 1. The first kappa shape index (κ1) is 17.2. The van der Waals surface area contributed by atoms with E-state index in [1.54, 1.807) is 4.68 Å². The van der Waals surface area contributed by atoms with Crippen LogP contribution in [0.15, 0.2) is 10.6 Å². The molecule has 140 valence electrons. The van der Waals surface area contributed by atoms with Crippen molar-refractivity contribution in [1.82, 2.24) is 24.8 Å². The molecule has 0 aliphatic carbocycles. The normalized spacial score (nSPS) is 21.5. The summed E-state index contributed by atoms with van der Waals surface area (Å²) in [4.78, 5) is 19.2. The van der Waals surface area contributed by atoms with Crippen molar-refractivity contribution in [1.29, 1.82) is 0 Å². The molecule has 0 spiro atoms. The molecule has 2 fully saturated rings. The second kappa shape index (κ2) is 7.19. The van der Waals surface area contributed by atoms with Crippen molar-refractivity contribution in [2.45, 2.75) is 38.5 Å². The van der Waals surface area contributed by atoms with Crippen LogP contribution in [0.2, 0.25) is 0 Å². The van der Waals surface area contributed by atoms with E-state index in [0.717, 1.165) is 69.4 Å². The zero-order chi connectivity index (χ0) is 18.1. The number of hydrogen-bond acceptors (Lipinski definition) is 6. The smallest absolute Gasteiger partial charge is 0.272 e. The largest absolute Gasteiger partial charge is 0.381 e. The third kappa shape index (κ3) is 3.51. The van der Waals surface area contributed by atoms with Crippen LogP contribution < -0.4 is 0 Å². The number of aromatic nitrogens is 4. The van der Waals surface area contributed by atoms with Gasteiger partial charge in [-0.05, 0) is 38.2 Å². The van der Waals surface area contributed by atoms with Gasteiger partial charge in [0.1, 0.15) is 5.69 Å². The second-order valence-corrected chi connectivity index (χ2v) is 7.34. The minimum atomic E-state index is 0.0478. The molecule has 2 saturated heterocycles. The maximum atomic E-state index is 12.7. The van der Waals surface area contributed by atoms with Crippen LogP contribution in [0, 0.1) is 12.8 Å². The van der Waals surface area contributed by atoms with Gasteiger partial charge >= 0.3 is 0 Å². The van der Waals surface area contributed by atoms with Gasteiger partial charge in [-0.15, -0.1) is 0 Å². The molecule has 0 bridgehead atoms. The fourth-order valence-electron chi connectivity index (χ4n) is 3.88. The summed E-state index contributed by atoms with van der Waals surface area (Å²) in [6.45, 7) is 4.91. The molecule has 2 aliphatic heterocycles. The van der Waals surface area contributed by atoms with Gasteiger partial charge in [-0.1, -0.05) is 5.16 Å². The lowest BCUT2D eigenvalue weighted by Crippen LogP contribution is -2.30. The predicted molar refractivity (Wildman–Crippen MR) is 92.8 cm³/mol. The number of amides is 1. The Labute approximate surface area is 152 Å². The van der Waals surface area contributed by atoms with E-state index >= 15 is 0 Å². The summed E-state index contributed by atoms with van der Waals surface area (Å²) in [5.41, 5.74) is 1.50. The third-order valence-corrected chi connectivity index (χ3v) is 5.32. The molecule has 1 amide bonds. The Bertz CT molecular complexity index is 778. The maximum absolute atomic E-state index is 12.7. The monoisotopic (exact) mass is 359 g/mol. The minimum Gasteiger partial charge on any atom is -0.381 e. The van der Waals surface area contributed by atoms with E-state index < -0.39 is 0 Å². The Hall–Kier alpha value is -2.22. The van der Waals surface area contributed by atoms with Gasteiger partial charge in [-0.25, -0.2) is 0 Å². The molecule has 1 atom stereocenters. The molecule has 4 heterocycles. The van der Waals surface area contributed by atoms with Crippen LogP contribution in [0.1, 0.15) is 53.1 Å². The van der Waals surface area contributed by atoms with E-state index in [-0.39, 0.29) is 5.91 Å². The van der Waals surface area contributed by atoms with E-state index in [1.807, 2.05) is 24.9 Å². The molecular weight excluding hydrogens is 334 g/mol. The zero-order valence-electron chi connectivity index (χ0n) is 15.3. The lowest BCUT2D eigenvalue weighted by atomic mass is 10.0. The van der Waals surface area contributed by atoms with E-state index in [4.69, 9.17) is 9.26 Å². The standard InChI is InChI=1S/C18H25N5O3/c1-12-9-15(22(2)20-12)18(24)23-6-3-13(11-23)10-16-19-17(26-21-16)14-4-7-25-8-5-14/h9,13-14H,3-8,10-11H2,1-2H3. The van der Waals surface area contributed by atoms with Crippen molar-refractivity contribution in [2.75, 3.05) is 26.3 Å². The molecular formula is C18H25N5O3. The quantitative estimate of drug-likeness (QED) is 0.826. The minimum absolute atomic E-state index is 0.0478. The van der Waals surface area contributed by atoms with E-state index in [0.29, 0.717) is 17.5 Å². The van der Waals surface area contributed by atoms with Gasteiger partial charge in [0.05, 0.1) is 5.69 Å². The number of hydrogen-bond donors (Lipinski definition) is 0. The van der Waals surface area contributed by atoms with Crippen molar-refractivity contribution < 1.29 is 14.1 Å². The summed E-state index contributed by atoms with van der Waals surface area (Å²) in [5, 5.41) is 8.42. The third-order valence-electron chi connectivity index (χ3n) is 5.32. The predicted octanol–water partition coefficient (Wildman–Crippen LogP) is 1.71. The molecule has 0 saturated carbocycles. The van der Waals surface area contributed by atoms with Crippen molar-refractivity contribution in [3.05, 3.63) is 29.2 Å². The number of aryl methyl sites for hydroxylation is 2. The van der Waals surface area contributed by atoms with Gasteiger partial charge < -0.3 is 14.2 Å². The van der Waals surface area contributed by atoms with Crippen LogP contribution in [-0.4, -0.2) is 57.0 Å². The van der Waals surface area contributed by atoms with Gasteiger partial charge in [0.25, 0.3) is 5.91 Å². The lowest BCUT2D eigenvalue weighted by Gasteiger charge is -2.18. The molecule has 8 nitrogen and oxygen atoms in total. The van der Waals surface area contributed by atoms with Crippen LogP contribution in [-0.2, 0) is 18.2 Å². The SMILES string of the molecule is Cc1cc(C(=O)N2CCC(Cc3noc(C4CCOCC4)n3)C2)n(C)n1. The Morgan fingerprint density at radius 1 is 1.31 bits per heavy atom. The molecule has 0 aromatic carbocycles. The van der Waals surface area contributed by atoms with Gasteiger partial charge in [-0.2, -0.15) is 10.1 Å². The number of nitrogens with zero attached hydrogens (tertiary/aromatic N) is 5. The first-order valence-electron chi connectivity index (χ1n) is 9.30. The highest BCUT2D eigenvalue weighted by Crippen LogP contribution is 2.27. The van der Waals surface area contributed by atoms with Crippen LogP contribution in [0.5, 0.6) is 0 Å². The highest BCUT2D eigenvalue weighted by Gasteiger charge is 2.30. The van der Waals surface area contributed by atoms with Crippen molar-refractivity contribution in [2.24, 2.45) is 13.0 Å². The van der Waals surface area contributed by atoms with Crippen LogP contribution in [0.4, 0.5) is 0 Å². The average Bonchev–Trinajstić information content (AvgIpc) is 3.36. The number of carbonyl (C=O) groups is 1. The van der Waals surface area contributed by atoms with E-state index in [9.17, 15) is 4.79 Å². The first-order chi connectivity index (χ1) is 12.6. The van der Waals surface area contributed by atoms with Gasteiger partial charge in [0, 0.05) is 45.7 Å². The summed E-state index contributed by atoms with van der Waals surface area (Å²) >= 11 is 0. The molecule has 8 heteroatoms. The highest BCUT2D eigenvalue weighted by atomic mass is 16.5. The van der Waals surface area contributed by atoms with Crippen molar-refractivity contribution in [3.8, 4) is 0 Å². The molecule has 0 radical (unpaired) electrons. The van der Waals surface area contributed by atoms with Crippen LogP contribution >= 0.6 is 0 Å². The number of rotatable bonds is 4. The number of carbonyl (C=O) groups excluding carboxylic acids is 1. The Morgan fingerprint density at radius 2 is 2.12 bits per heavy atom. The summed E-state index contributed by atoms with van der Waals surface area (Å²) in [6.07, 6.45) is 3.60. The fourth-order valence-corrected chi connectivity index (χ4v) is 3.88. The molecule has 0 N–H and O–H groups in total. The van der Waals surface area contributed by atoms with Gasteiger partial charge in [-0.3, -0.25) is 9.48 Å². The zero-order valence-corrected chi connectivity index (χ0v) is 15.3. The molecule has 2 aromatic heterocycles. The summed E-state index contributed by atoms with van der Waals surface area (Å²) in [6, 6.07) is 1.84. The van der Waals surface area contributed by atoms with E-state index in [2.05, 4.69) is 15.2 Å². The van der Waals surface area contributed by atoms with Crippen LogP contribution in [0.25, 0.3) is 0 Å². The summed E-state index contributed by atoms with van der Waals surface area (Å²) in [7, 11) is 1.81. The Kier molecular flexibility index (Phi) is 4.76. The molecule has 2 aromatic rings. The first-order valence-corrected chi connectivity index (χ1v) is 9.30. The maximum Gasteiger partial charge on any atom is 0.272 e. The molecule has 2 aliphatic rings. The molecule has 4 rings (SSSR count). The Balaban J connectivity index is 1.35. The average molecular weight is 359 g/mol. The fraction of sp³-hybridized carbons (Fsp3) is 0.667. The summed E-state index contributed by atoms with van der Waals surface area (Å²) in [5.74, 6) is 2.22. The Morgan fingerprint density at radius 3 is 2.85 bits per heavy atom. The lowest BCUT2D eigenvalue weighted by molar-refractivity contribution is 0.0774. The summed E-state index contributed by atoms with van der Waals surface area (Å²) < 4.78 is 12.5. The number of likely N-dealkylation sites (tertiary alicyclic amines) is 1. The van der Waals surface area contributed by atoms with Crippen molar-refractivity contribution >= 4 is 5.91 Å². The van der Waals surface area contributed by atoms with Crippen LogP contribution in [0.3, 0.4) is 0 Å². The van der Waals surface area contributed by atoms with Gasteiger partial charge in [0.2, 0.25) is 5.89 Å². The molecule has 26 heavy (non-hydrogen) atoms. The molecule has 1 unspecified atom stereocenters. The topological polar surface area (TPSA) is 86.3 Å². The van der Waals surface area contributed by atoms with E-state index in [1.165, 1.54) is 0 Å². The van der Waals surface area contributed by atoms with Crippen molar-refractivity contribution in [3.63, 3.8) is 0 Å². The second-order valence-electron chi connectivity index (χ2n) is 7.34. The van der Waals surface area contributed by atoms with Gasteiger partial charge in [0.15, 0.2) is 5.82 Å².